The molecule has 0 amide bonds. The first kappa shape index (κ1) is 81.6. The SMILES string of the molecule is c1ccc(-c2ccc(-c3ccc(-c4nc(-n5c6ccc7ccccc7c6c6c7ccccc7ccc65)nc5ccccc45)cc3)cc2)cc1.c1ccc(-c2ccc(-c3cccc(-c4nc(-n5c6ccc7ccccc7c6c6c7ccccc7ccc65)nc5ccccc45)c3)cc2)cc1.c1ccc(-c2cccc(-c3nc(-n4c5ccc6ccccc6c5c5c6ccccc6ccc54)nc4ccccc34)c2)cc1. The minimum atomic E-state index is 0.664. The van der Waals surface area contributed by atoms with E-state index in [4.69, 9.17) is 29.9 Å². The lowest BCUT2D eigenvalue weighted by atomic mass is 9.97. The number of benzene rings is 23. The Kier molecular flexibility index (Phi) is 19.8. The third-order valence-electron chi connectivity index (χ3n) is 28.2. The van der Waals surface area contributed by atoms with Gasteiger partial charge in [-0.3, -0.25) is 13.7 Å². The van der Waals surface area contributed by atoms with Gasteiger partial charge in [0.05, 0.1) is 66.7 Å². The van der Waals surface area contributed by atoms with Crippen molar-refractivity contribution in [3.05, 3.63) is 504 Å². The van der Waals surface area contributed by atoms with Crippen LogP contribution in [-0.4, -0.2) is 43.6 Å². The molecule has 0 atom stereocenters. The van der Waals surface area contributed by atoms with Gasteiger partial charge in [-0.1, -0.05) is 437 Å². The van der Waals surface area contributed by atoms with Crippen LogP contribution in [0.1, 0.15) is 0 Å². The molecule has 29 rings (SSSR count). The van der Waals surface area contributed by atoms with Crippen LogP contribution in [0.4, 0.5) is 0 Å². The van der Waals surface area contributed by atoms with Crippen LogP contribution < -0.4 is 0 Å². The summed E-state index contributed by atoms with van der Waals surface area (Å²) in [6.45, 7) is 0. The third kappa shape index (κ3) is 14.2. The van der Waals surface area contributed by atoms with Gasteiger partial charge in [0.2, 0.25) is 17.8 Å². The number of hydrogen-bond acceptors (Lipinski definition) is 6. The van der Waals surface area contributed by atoms with Crippen molar-refractivity contribution in [2.24, 2.45) is 0 Å². The zero-order valence-corrected chi connectivity index (χ0v) is 76.4. The highest BCUT2D eigenvalue weighted by molar-refractivity contribution is 6.31. The largest absolute Gasteiger partial charge is 0.278 e. The van der Waals surface area contributed by atoms with E-state index in [2.05, 4.69) is 517 Å². The molecule has 23 aromatic carbocycles. The van der Waals surface area contributed by atoms with Gasteiger partial charge < -0.3 is 0 Å². The first-order valence-corrected chi connectivity index (χ1v) is 47.9. The lowest BCUT2D eigenvalue weighted by molar-refractivity contribution is 1.01. The molecule has 0 radical (unpaired) electrons. The Hall–Kier alpha value is -19.0. The van der Waals surface area contributed by atoms with Crippen molar-refractivity contribution in [2.45, 2.75) is 0 Å². The topological polar surface area (TPSA) is 92.1 Å². The summed E-state index contributed by atoms with van der Waals surface area (Å²) in [5, 5.41) is 25.2. The van der Waals surface area contributed by atoms with E-state index in [-0.39, 0.29) is 0 Å². The second kappa shape index (κ2) is 34.1. The van der Waals surface area contributed by atoms with Crippen LogP contribution in [0, 0.1) is 0 Å². The van der Waals surface area contributed by atoms with Crippen LogP contribution in [0.2, 0.25) is 0 Å². The Morgan fingerprint density at radius 3 is 0.567 bits per heavy atom. The Labute approximate surface area is 811 Å². The number of rotatable bonds is 11. The first-order chi connectivity index (χ1) is 69.9. The average Bonchev–Trinajstić information content (AvgIpc) is 1.57. The van der Waals surface area contributed by atoms with Gasteiger partial charge in [0.1, 0.15) is 0 Å². The van der Waals surface area contributed by atoms with Crippen molar-refractivity contribution >= 4 is 163 Å². The first-order valence-electron chi connectivity index (χ1n) is 47.9. The molecule has 141 heavy (non-hydrogen) atoms. The van der Waals surface area contributed by atoms with Gasteiger partial charge in [0, 0.05) is 65.2 Å². The minimum Gasteiger partial charge on any atom is -0.278 e. The second-order valence-corrected chi connectivity index (χ2v) is 36.3. The molecule has 6 aromatic heterocycles. The van der Waals surface area contributed by atoms with Gasteiger partial charge in [-0.05, 0) is 187 Å². The van der Waals surface area contributed by atoms with Gasteiger partial charge in [0.15, 0.2) is 0 Å². The molecule has 0 N–H and O–H groups in total. The Balaban J connectivity index is 0.000000106. The molecule has 6 heterocycles. The predicted octanol–water partition coefficient (Wildman–Crippen LogP) is 34.4. The molecule has 9 heteroatoms. The maximum atomic E-state index is 5.41. The van der Waals surface area contributed by atoms with Crippen molar-refractivity contribution in [1.82, 2.24) is 43.6 Å². The Morgan fingerprint density at radius 1 is 0.121 bits per heavy atom. The standard InChI is InChI=1S/2C46H29N3.C40H25N3/c1-2-11-30(12-3-1)31-21-23-32(24-22-31)35-15-10-16-36(29-35)45-39-19-8-9-20-40(39)47-46(48-45)49-41-27-25-33-13-4-6-17-37(33)43(41)44-38-18-7-5-14-34(38)26-28-42(44)49;1-2-10-30(11-3-1)31-18-20-32(21-19-31)33-22-24-36(25-23-33)45-39-16-8-9-17-40(39)47-46(48-45)49-41-28-26-34-12-4-6-14-37(34)43(41)44-38-15-7-5-13-35(38)27-29-42(44)49;1-2-11-26(12-3-1)29-15-10-16-30(25-29)39-33-19-8-9-20-34(33)41-40(42-39)43-35-23-21-27-13-4-6-17-31(27)37(35)38-32-18-7-5-14-28(32)22-24-36(38)43/h2*1-29H;1-25H. The van der Waals surface area contributed by atoms with E-state index in [0.717, 1.165) is 111 Å². The van der Waals surface area contributed by atoms with E-state index < -0.39 is 0 Å². The van der Waals surface area contributed by atoms with Crippen LogP contribution in [0.5, 0.6) is 0 Å². The van der Waals surface area contributed by atoms with E-state index >= 15 is 0 Å². The number of hydrogen-bond donors (Lipinski definition) is 0. The molecule has 0 aliphatic rings. The van der Waals surface area contributed by atoms with E-state index in [0.29, 0.717) is 17.8 Å². The van der Waals surface area contributed by atoms with Crippen molar-refractivity contribution in [1.29, 1.82) is 0 Å². The zero-order valence-electron chi connectivity index (χ0n) is 76.4. The number of para-hydroxylation sites is 3. The summed E-state index contributed by atoms with van der Waals surface area (Å²) < 4.78 is 6.76. The quantitative estimate of drug-likeness (QED) is 0.128. The third-order valence-corrected chi connectivity index (χ3v) is 28.2. The number of nitrogens with zero attached hydrogens (tertiary/aromatic N) is 9. The van der Waals surface area contributed by atoms with Crippen LogP contribution >= 0.6 is 0 Å². The molecule has 0 aliphatic heterocycles. The summed E-state index contributed by atoms with van der Waals surface area (Å²) in [4.78, 5) is 31.8. The van der Waals surface area contributed by atoms with Crippen LogP contribution in [0.15, 0.2) is 504 Å². The minimum absolute atomic E-state index is 0.664. The van der Waals surface area contributed by atoms with Crippen LogP contribution in [0.3, 0.4) is 0 Å². The van der Waals surface area contributed by atoms with Crippen molar-refractivity contribution in [2.75, 3.05) is 0 Å². The van der Waals surface area contributed by atoms with E-state index in [9.17, 15) is 0 Å². The van der Waals surface area contributed by atoms with Crippen LogP contribution in [-0.2, 0) is 0 Å². The Morgan fingerprint density at radius 2 is 0.305 bits per heavy atom. The van der Waals surface area contributed by atoms with E-state index in [1.165, 1.54) is 141 Å². The monoisotopic (exact) mass is 1790 g/mol. The molecule has 0 saturated heterocycles. The zero-order chi connectivity index (χ0) is 93.0. The van der Waals surface area contributed by atoms with Crippen molar-refractivity contribution < 1.29 is 0 Å². The fourth-order valence-corrected chi connectivity index (χ4v) is 21.6. The molecule has 0 bridgehead atoms. The summed E-state index contributed by atoms with van der Waals surface area (Å²) in [6.07, 6.45) is 0. The van der Waals surface area contributed by atoms with E-state index in [1.54, 1.807) is 0 Å². The molecule has 0 spiro atoms. The Bertz CT molecular complexity index is 9770. The fourth-order valence-electron chi connectivity index (χ4n) is 21.6. The molecule has 9 nitrogen and oxygen atoms in total. The summed E-state index contributed by atoms with van der Waals surface area (Å²) in [6, 6.07) is 179. The fraction of sp³-hybridized carbons (Fsp3) is 0. The summed E-state index contributed by atoms with van der Waals surface area (Å²) >= 11 is 0. The van der Waals surface area contributed by atoms with Crippen LogP contribution in [0.25, 0.3) is 270 Å². The average molecular weight is 1800 g/mol. The van der Waals surface area contributed by atoms with Gasteiger partial charge >= 0.3 is 0 Å². The number of fused-ring (bicyclic) bond motifs is 24. The van der Waals surface area contributed by atoms with Gasteiger partial charge in [-0.25, -0.2) is 29.9 Å². The summed E-state index contributed by atoms with van der Waals surface area (Å²) in [5.41, 5.74) is 27.2. The summed E-state index contributed by atoms with van der Waals surface area (Å²) in [7, 11) is 0. The molecule has 0 saturated carbocycles. The van der Waals surface area contributed by atoms with Gasteiger partial charge in [-0.2, -0.15) is 0 Å². The molecule has 656 valence electrons. The highest BCUT2D eigenvalue weighted by Gasteiger charge is 2.27. The van der Waals surface area contributed by atoms with Crippen molar-refractivity contribution in [3.63, 3.8) is 0 Å². The molecule has 0 fully saturated rings. The maximum Gasteiger partial charge on any atom is 0.235 e. The normalized spacial score (nSPS) is 11.7. The predicted molar refractivity (Wildman–Crippen MR) is 590 cm³/mol. The van der Waals surface area contributed by atoms with Gasteiger partial charge in [-0.15, -0.1) is 0 Å². The highest BCUT2D eigenvalue weighted by atomic mass is 15.2. The lowest BCUT2D eigenvalue weighted by Crippen LogP contribution is -2.03. The molecule has 29 aromatic rings. The van der Waals surface area contributed by atoms with Gasteiger partial charge in [0.25, 0.3) is 0 Å². The maximum absolute atomic E-state index is 5.41. The summed E-state index contributed by atoms with van der Waals surface area (Å²) in [5.74, 6) is 2.00. The molecule has 0 unspecified atom stereocenters. The number of aromatic nitrogens is 9. The van der Waals surface area contributed by atoms with Crippen molar-refractivity contribution in [3.8, 4) is 107 Å². The molecular formula is C132H83N9. The smallest absolute Gasteiger partial charge is 0.235 e. The highest BCUT2D eigenvalue weighted by Crippen LogP contribution is 2.47. The molecule has 0 aliphatic carbocycles. The molecular weight excluding hydrogens is 1710 g/mol. The van der Waals surface area contributed by atoms with E-state index in [1.807, 2.05) is 0 Å². The second-order valence-electron chi connectivity index (χ2n) is 36.3. The lowest BCUT2D eigenvalue weighted by Gasteiger charge is -2.13.